The van der Waals surface area contributed by atoms with Crippen LogP contribution in [0.3, 0.4) is 0 Å². The van der Waals surface area contributed by atoms with Crippen molar-refractivity contribution in [2.75, 3.05) is 32.6 Å². The minimum Gasteiger partial charge on any atom is -0.350 e. The first-order valence-electron chi connectivity index (χ1n) is 8.86. The maximum Gasteiger partial charge on any atom is 0.268 e. The van der Waals surface area contributed by atoms with Gasteiger partial charge in [0.25, 0.3) is 11.8 Å². The molecular weight excluding hydrogens is 390 g/mol. The number of nitrogens with one attached hydrogen (secondary N) is 1. The van der Waals surface area contributed by atoms with E-state index in [1.54, 1.807) is 36.6 Å². The van der Waals surface area contributed by atoms with Gasteiger partial charge in [-0.3, -0.25) is 9.59 Å². The topological polar surface area (TPSA) is 52.7 Å². The number of benzene rings is 1. The van der Waals surface area contributed by atoms with Crippen LogP contribution in [0.4, 0.5) is 5.69 Å². The summed E-state index contributed by atoms with van der Waals surface area (Å²) in [6.45, 7) is 0.486. The van der Waals surface area contributed by atoms with Crippen LogP contribution in [-0.4, -0.2) is 44.4 Å². The van der Waals surface area contributed by atoms with E-state index in [9.17, 15) is 9.59 Å². The predicted molar refractivity (Wildman–Crippen MR) is 117 cm³/mol. The molecular formula is C21H23N3O2S2. The molecule has 0 bridgehead atoms. The zero-order valence-corrected chi connectivity index (χ0v) is 17.7. The Bertz CT molecular complexity index is 921. The molecule has 1 atom stereocenters. The van der Waals surface area contributed by atoms with Gasteiger partial charge < -0.3 is 15.1 Å². The number of thiophene rings is 2. The molecule has 0 aliphatic heterocycles. The molecule has 28 heavy (non-hydrogen) atoms. The van der Waals surface area contributed by atoms with E-state index in [1.807, 2.05) is 43.1 Å². The lowest BCUT2D eigenvalue weighted by Gasteiger charge is -2.25. The van der Waals surface area contributed by atoms with Gasteiger partial charge in [-0.1, -0.05) is 18.2 Å². The van der Waals surface area contributed by atoms with E-state index < -0.39 is 0 Å². The van der Waals surface area contributed by atoms with Gasteiger partial charge in [0, 0.05) is 13.6 Å². The van der Waals surface area contributed by atoms with Gasteiger partial charge in [-0.15, -0.1) is 11.3 Å². The van der Waals surface area contributed by atoms with Crippen LogP contribution in [0.5, 0.6) is 0 Å². The molecule has 3 aromatic rings. The average Bonchev–Trinajstić information content (AvgIpc) is 3.41. The summed E-state index contributed by atoms with van der Waals surface area (Å²) >= 11 is 3.03. The van der Waals surface area contributed by atoms with E-state index >= 15 is 0 Å². The molecule has 1 N–H and O–H groups in total. The smallest absolute Gasteiger partial charge is 0.268 e. The molecule has 0 fully saturated rings. The van der Waals surface area contributed by atoms with E-state index in [4.69, 9.17) is 0 Å². The molecule has 3 rings (SSSR count). The van der Waals surface area contributed by atoms with Crippen molar-refractivity contribution in [1.29, 1.82) is 0 Å². The molecule has 1 unspecified atom stereocenters. The van der Waals surface area contributed by atoms with E-state index in [1.165, 1.54) is 21.8 Å². The molecule has 2 heterocycles. The minimum absolute atomic E-state index is 0.0906. The third kappa shape index (κ3) is 4.49. The molecule has 7 heteroatoms. The summed E-state index contributed by atoms with van der Waals surface area (Å²) in [6, 6.07) is 13.0. The lowest BCUT2D eigenvalue weighted by atomic mass is 10.1. The summed E-state index contributed by atoms with van der Waals surface area (Å²) in [5.41, 5.74) is 2.25. The lowest BCUT2D eigenvalue weighted by Crippen LogP contribution is -2.35. The summed E-state index contributed by atoms with van der Waals surface area (Å²) in [4.78, 5) is 29.9. The molecule has 1 aromatic carbocycles. The van der Waals surface area contributed by atoms with E-state index in [0.29, 0.717) is 22.7 Å². The molecule has 5 nitrogen and oxygen atoms in total. The van der Waals surface area contributed by atoms with Gasteiger partial charge >= 0.3 is 0 Å². The summed E-state index contributed by atoms with van der Waals surface area (Å²) in [7, 11) is 5.69. The average molecular weight is 414 g/mol. The molecule has 0 spiro atoms. The predicted octanol–water partition coefficient (Wildman–Crippen LogP) is 4.12. The normalized spacial score (nSPS) is 12.0. The van der Waals surface area contributed by atoms with Gasteiger partial charge in [0.15, 0.2) is 0 Å². The summed E-state index contributed by atoms with van der Waals surface area (Å²) in [5.74, 6) is -0.316. The first-order valence-corrected chi connectivity index (χ1v) is 10.7. The van der Waals surface area contributed by atoms with Crippen molar-refractivity contribution in [3.8, 4) is 0 Å². The third-order valence-electron chi connectivity index (χ3n) is 4.55. The third-order valence-corrected chi connectivity index (χ3v) is 6.11. The molecule has 0 aliphatic carbocycles. The second-order valence-electron chi connectivity index (χ2n) is 6.60. The van der Waals surface area contributed by atoms with E-state index in [2.05, 4.69) is 21.7 Å². The van der Waals surface area contributed by atoms with Crippen molar-refractivity contribution in [2.45, 2.75) is 6.04 Å². The standard InChI is InChI=1S/C21H23N3O2S2/c1-23(2)18(15-10-12-27-14-15)13-22-20(25)16-7-4-5-8-17(16)24(3)21(26)19-9-6-11-28-19/h4-12,14,18H,13H2,1-3H3,(H,22,25). The van der Waals surface area contributed by atoms with Crippen LogP contribution in [-0.2, 0) is 0 Å². The van der Waals surface area contributed by atoms with Crippen LogP contribution in [0.15, 0.2) is 58.6 Å². The van der Waals surface area contributed by atoms with Crippen LogP contribution in [0.25, 0.3) is 0 Å². The number of carbonyl (C=O) groups is 2. The number of nitrogens with zero attached hydrogens (tertiary/aromatic N) is 2. The Morgan fingerprint density at radius 2 is 1.82 bits per heavy atom. The highest BCUT2D eigenvalue weighted by molar-refractivity contribution is 7.12. The molecule has 0 aliphatic rings. The largest absolute Gasteiger partial charge is 0.350 e. The minimum atomic E-state index is -0.191. The second kappa shape index (κ2) is 9.14. The van der Waals surface area contributed by atoms with Crippen molar-refractivity contribution in [3.63, 3.8) is 0 Å². The molecule has 2 amide bonds. The van der Waals surface area contributed by atoms with E-state index in [-0.39, 0.29) is 17.9 Å². The fraction of sp³-hybridized carbons (Fsp3) is 0.238. The highest BCUT2D eigenvalue weighted by Crippen LogP contribution is 2.24. The second-order valence-corrected chi connectivity index (χ2v) is 8.33. The molecule has 0 saturated heterocycles. The molecule has 2 aromatic heterocycles. The van der Waals surface area contributed by atoms with Crippen molar-refractivity contribution in [1.82, 2.24) is 10.2 Å². The number of hydrogen-bond acceptors (Lipinski definition) is 5. The quantitative estimate of drug-likeness (QED) is 0.634. The highest BCUT2D eigenvalue weighted by atomic mass is 32.1. The monoisotopic (exact) mass is 413 g/mol. The first kappa shape index (κ1) is 20.3. The number of anilines is 1. The van der Waals surface area contributed by atoms with Crippen LogP contribution in [0, 0.1) is 0 Å². The molecule has 0 radical (unpaired) electrons. The maximum absolute atomic E-state index is 12.9. The maximum atomic E-state index is 12.9. The van der Waals surface area contributed by atoms with Crippen molar-refractivity contribution < 1.29 is 9.59 Å². The molecule has 0 saturated carbocycles. The van der Waals surface area contributed by atoms with Crippen LogP contribution >= 0.6 is 22.7 Å². The highest BCUT2D eigenvalue weighted by Gasteiger charge is 2.21. The number of hydrogen-bond donors (Lipinski definition) is 1. The zero-order chi connectivity index (χ0) is 20.1. The Morgan fingerprint density at radius 3 is 2.46 bits per heavy atom. The van der Waals surface area contributed by atoms with Crippen molar-refractivity contribution in [3.05, 3.63) is 74.6 Å². The summed E-state index contributed by atoms with van der Waals surface area (Å²) in [6.07, 6.45) is 0. The summed E-state index contributed by atoms with van der Waals surface area (Å²) < 4.78 is 0. The SMILES string of the molecule is CN(C(=O)c1cccs1)c1ccccc1C(=O)NCC(c1ccsc1)N(C)C. The molecule has 146 valence electrons. The van der Waals surface area contributed by atoms with Gasteiger partial charge in [-0.2, -0.15) is 11.3 Å². The Kier molecular flexibility index (Phi) is 6.61. The van der Waals surface area contributed by atoms with Crippen LogP contribution in [0.1, 0.15) is 31.6 Å². The fourth-order valence-electron chi connectivity index (χ4n) is 2.98. The Balaban J connectivity index is 1.76. The summed E-state index contributed by atoms with van der Waals surface area (Å²) in [5, 5.41) is 9.02. The van der Waals surface area contributed by atoms with Crippen molar-refractivity contribution >= 4 is 40.2 Å². The van der Waals surface area contributed by atoms with Crippen LogP contribution in [0.2, 0.25) is 0 Å². The Hall–Kier alpha value is -2.48. The van der Waals surface area contributed by atoms with E-state index in [0.717, 1.165) is 0 Å². The van der Waals surface area contributed by atoms with Gasteiger partial charge in [0.1, 0.15) is 0 Å². The van der Waals surface area contributed by atoms with Gasteiger partial charge in [0.05, 0.1) is 22.2 Å². The number of carbonyl (C=O) groups excluding carboxylic acids is 2. The number of amides is 2. The number of rotatable bonds is 7. The Morgan fingerprint density at radius 1 is 1.04 bits per heavy atom. The number of para-hydroxylation sites is 1. The van der Waals surface area contributed by atoms with Crippen LogP contribution < -0.4 is 10.2 Å². The van der Waals surface area contributed by atoms with Gasteiger partial charge in [-0.05, 0) is 60.1 Å². The fourth-order valence-corrected chi connectivity index (χ4v) is 4.39. The first-order chi connectivity index (χ1) is 13.5. The van der Waals surface area contributed by atoms with Gasteiger partial charge in [0.2, 0.25) is 0 Å². The van der Waals surface area contributed by atoms with Gasteiger partial charge in [-0.25, -0.2) is 0 Å². The Labute approximate surface area is 173 Å². The number of likely N-dealkylation sites (N-methyl/N-ethyl adjacent to an activating group) is 1. The lowest BCUT2D eigenvalue weighted by molar-refractivity contribution is 0.0942. The zero-order valence-electron chi connectivity index (χ0n) is 16.1. The van der Waals surface area contributed by atoms with Crippen molar-refractivity contribution in [2.24, 2.45) is 0 Å².